The second-order valence-corrected chi connectivity index (χ2v) is 7.05. The number of nitrogens with one attached hydrogen (secondary N) is 1. The van der Waals surface area contributed by atoms with Crippen LogP contribution in [-0.4, -0.2) is 39.9 Å². The molecule has 1 aromatic heterocycles. The number of hydrogen-bond acceptors (Lipinski definition) is 4. The molecule has 6 heteroatoms. The average molecular weight is 345 g/mol. The van der Waals surface area contributed by atoms with E-state index in [0.29, 0.717) is 25.8 Å². The number of aromatic nitrogens is 2. The molecule has 1 aromatic carbocycles. The smallest absolute Gasteiger partial charge is 0.223 e. The second kappa shape index (κ2) is 7.54. The van der Waals surface area contributed by atoms with Crippen LogP contribution in [0.5, 0.6) is 0 Å². The Morgan fingerprint density at radius 3 is 2.88 bits per heavy atom. The highest BCUT2D eigenvalue weighted by Gasteiger charge is 2.33. The number of methoxy groups -OCH3 is 1. The Bertz CT molecular complexity index is 741. The molecule has 6 nitrogen and oxygen atoms in total. The van der Waals surface area contributed by atoms with E-state index in [-0.39, 0.29) is 24.0 Å². The predicted octanol–water partition coefficient (Wildman–Crippen LogP) is 2.41. The average Bonchev–Trinajstić information content (AvgIpc) is 2.98. The summed E-state index contributed by atoms with van der Waals surface area (Å²) in [5.74, 6) is 0.755. The summed E-state index contributed by atoms with van der Waals surface area (Å²) in [6, 6.07) is 8.29. The Kier molecular flexibility index (Phi) is 5.39. The van der Waals surface area contributed by atoms with Gasteiger partial charge in [0.25, 0.3) is 0 Å². The van der Waals surface area contributed by atoms with E-state index in [1.165, 1.54) is 0 Å². The fourth-order valence-corrected chi connectivity index (χ4v) is 3.71. The number of rotatable bonds is 5. The summed E-state index contributed by atoms with van der Waals surface area (Å²) >= 11 is 0. The highest BCUT2D eigenvalue weighted by atomic mass is 16.5. The predicted molar refractivity (Wildman–Crippen MR) is 96.1 cm³/mol. The standard InChI is InChI=1S/C19H27N3O3/c1-12(2)22-15-7-5-4-6-14(15)21-18(22)11-20-19(24)13-8-9-16(23)17(10-13)25-3/h4-7,12-13,16-17,23H,8-11H2,1-3H3,(H,20,24)/t13-,16+,17-/m1/s1. The number of carbonyl (C=O) groups is 1. The fraction of sp³-hybridized carbons (Fsp3) is 0.579. The van der Waals surface area contributed by atoms with Crippen molar-refractivity contribution in [3.8, 4) is 0 Å². The van der Waals surface area contributed by atoms with Crippen molar-refractivity contribution in [3.63, 3.8) is 0 Å². The lowest BCUT2D eigenvalue weighted by Crippen LogP contribution is -2.41. The molecule has 1 fully saturated rings. The van der Waals surface area contributed by atoms with Gasteiger partial charge in [-0.3, -0.25) is 4.79 Å². The van der Waals surface area contributed by atoms with Crippen molar-refractivity contribution in [1.29, 1.82) is 0 Å². The number of imidazole rings is 1. The van der Waals surface area contributed by atoms with Gasteiger partial charge < -0.3 is 19.7 Å². The fourth-order valence-electron chi connectivity index (χ4n) is 3.71. The minimum atomic E-state index is -0.473. The molecule has 1 amide bonds. The zero-order valence-electron chi connectivity index (χ0n) is 15.1. The molecule has 25 heavy (non-hydrogen) atoms. The molecule has 1 saturated carbocycles. The highest BCUT2D eigenvalue weighted by Crippen LogP contribution is 2.27. The first-order chi connectivity index (χ1) is 12.0. The third-order valence-electron chi connectivity index (χ3n) is 5.04. The molecule has 1 heterocycles. The van der Waals surface area contributed by atoms with Gasteiger partial charge in [-0.2, -0.15) is 0 Å². The maximum absolute atomic E-state index is 12.6. The largest absolute Gasteiger partial charge is 0.390 e. The van der Waals surface area contributed by atoms with Gasteiger partial charge in [0.15, 0.2) is 0 Å². The number of aliphatic hydroxyl groups is 1. The van der Waals surface area contributed by atoms with Crippen LogP contribution in [0.25, 0.3) is 11.0 Å². The minimum Gasteiger partial charge on any atom is -0.390 e. The van der Waals surface area contributed by atoms with Crippen molar-refractivity contribution in [2.24, 2.45) is 5.92 Å². The number of carbonyl (C=O) groups excluding carboxylic acids is 1. The molecule has 3 atom stereocenters. The zero-order valence-corrected chi connectivity index (χ0v) is 15.1. The molecule has 0 unspecified atom stereocenters. The lowest BCUT2D eigenvalue weighted by molar-refractivity contribution is -0.130. The Morgan fingerprint density at radius 1 is 1.40 bits per heavy atom. The van der Waals surface area contributed by atoms with Gasteiger partial charge in [-0.1, -0.05) is 12.1 Å². The Labute approximate surface area is 148 Å². The van der Waals surface area contributed by atoms with Crippen LogP contribution >= 0.6 is 0 Å². The Morgan fingerprint density at radius 2 is 2.16 bits per heavy atom. The molecule has 0 bridgehead atoms. The SMILES string of the molecule is CO[C@@H]1C[C@H](C(=O)NCc2nc3ccccc3n2C(C)C)CC[C@@H]1O. The Hall–Kier alpha value is -1.92. The van der Waals surface area contributed by atoms with Gasteiger partial charge in [0.1, 0.15) is 5.82 Å². The molecule has 0 aliphatic heterocycles. The van der Waals surface area contributed by atoms with Crippen LogP contribution in [0.2, 0.25) is 0 Å². The van der Waals surface area contributed by atoms with Crippen LogP contribution in [0.4, 0.5) is 0 Å². The lowest BCUT2D eigenvalue weighted by Gasteiger charge is -2.31. The van der Waals surface area contributed by atoms with Crippen LogP contribution < -0.4 is 5.32 Å². The number of amides is 1. The van der Waals surface area contributed by atoms with Crippen molar-refractivity contribution in [1.82, 2.24) is 14.9 Å². The minimum absolute atomic E-state index is 0.0105. The first-order valence-corrected chi connectivity index (χ1v) is 8.95. The summed E-state index contributed by atoms with van der Waals surface area (Å²) < 4.78 is 7.46. The molecule has 2 aromatic rings. The second-order valence-electron chi connectivity index (χ2n) is 7.05. The molecule has 2 N–H and O–H groups in total. The Balaban J connectivity index is 1.70. The molecule has 3 rings (SSSR count). The van der Waals surface area contributed by atoms with Gasteiger partial charge in [0.2, 0.25) is 5.91 Å². The number of aliphatic hydroxyl groups excluding tert-OH is 1. The van der Waals surface area contributed by atoms with Crippen LogP contribution in [0.3, 0.4) is 0 Å². The van der Waals surface area contributed by atoms with Crippen molar-refractivity contribution >= 4 is 16.9 Å². The molecule has 0 spiro atoms. The van der Waals surface area contributed by atoms with Gasteiger partial charge in [-0.05, 0) is 45.2 Å². The van der Waals surface area contributed by atoms with E-state index in [1.807, 2.05) is 18.2 Å². The van der Waals surface area contributed by atoms with Gasteiger partial charge in [-0.15, -0.1) is 0 Å². The van der Waals surface area contributed by atoms with E-state index < -0.39 is 6.10 Å². The maximum atomic E-state index is 12.6. The van der Waals surface area contributed by atoms with E-state index in [4.69, 9.17) is 4.74 Å². The van der Waals surface area contributed by atoms with Gasteiger partial charge in [-0.25, -0.2) is 4.98 Å². The van der Waals surface area contributed by atoms with E-state index >= 15 is 0 Å². The maximum Gasteiger partial charge on any atom is 0.223 e. The molecule has 0 radical (unpaired) electrons. The number of ether oxygens (including phenoxy) is 1. The van der Waals surface area contributed by atoms with E-state index in [0.717, 1.165) is 16.9 Å². The van der Waals surface area contributed by atoms with E-state index in [1.54, 1.807) is 7.11 Å². The summed E-state index contributed by atoms with van der Waals surface area (Å²) in [4.78, 5) is 17.2. The zero-order chi connectivity index (χ0) is 18.0. The summed E-state index contributed by atoms with van der Waals surface area (Å²) in [6.45, 7) is 4.64. The number of para-hydroxylation sites is 2. The third kappa shape index (κ3) is 3.70. The van der Waals surface area contributed by atoms with E-state index in [9.17, 15) is 9.90 Å². The number of hydrogen-bond donors (Lipinski definition) is 2. The van der Waals surface area contributed by atoms with E-state index in [2.05, 4.69) is 34.8 Å². The summed E-state index contributed by atoms with van der Waals surface area (Å²) in [6.07, 6.45) is 1.11. The summed E-state index contributed by atoms with van der Waals surface area (Å²) in [5, 5.41) is 12.9. The van der Waals surface area contributed by atoms with Crippen LogP contribution in [0.1, 0.15) is 45.0 Å². The topological polar surface area (TPSA) is 76.4 Å². The molecule has 136 valence electrons. The number of fused-ring (bicyclic) bond motifs is 1. The number of nitrogens with zero attached hydrogens (tertiary/aromatic N) is 2. The van der Waals surface area contributed by atoms with Gasteiger partial charge in [0.05, 0.1) is 29.8 Å². The summed E-state index contributed by atoms with van der Waals surface area (Å²) in [5.41, 5.74) is 2.03. The van der Waals surface area contributed by atoms with Crippen molar-refractivity contribution in [2.75, 3.05) is 7.11 Å². The third-order valence-corrected chi connectivity index (χ3v) is 5.04. The van der Waals surface area contributed by atoms with Crippen molar-refractivity contribution in [3.05, 3.63) is 30.1 Å². The molecule has 1 aliphatic carbocycles. The number of benzene rings is 1. The van der Waals surface area contributed by atoms with Crippen LogP contribution in [0.15, 0.2) is 24.3 Å². The lowest BCUT2D eigenvalue weighted by atomic mass is 9.84. The molecular formula is C19H27N3O3. The van der Waals surface area contributed by atoms with Crippen LogP contribution in [0, 0.1) is 5.92 Å². The highest BCUT2D eigenvalue weighted by molar-refractivity contribution is 5.79. The quantitative estimate of drug-likeness (QED) is 0.872. The molecule has 0 saturated heterocycles. The van der Waals surface area contributed by atoms with Gasteiger partial charge in [0, 0.05) is 19.1 Å². The van der Waals surface area contributed by atoms with Crippen molar-refractivity contribution in [2.45, 2.75) is 57.9 Å². The first-order valence-electron chi connectivity index (χ1n) is 8.95. The van der Waals surface area contributed by atoms with Gasteiger partial charge >= 0.3 is 0 Å². The normalized spacial score (nSPS) is 24.0. The van der Waals surface area contributed by atoms with Crippen molar-refractivity contribution < 1.29 is 14.6 Å². The molecule has 1 aliphatic rings. The first kappa shape index (κ1) is 17.9. The summed E-state index contributed by atoms with van der Waals surface area (Å²) in [7, 11) is 1.58. The monoisotopic (exact) mass is 345 g/mol. The van der Waals surface area contributed by atoms with Crippen LogP contribution in [-0.2, 0) is 16.1 Å². The molecular weight excluding hydrogens is 318 g/mol.